The Hall–Kier alpha value is -1.76. The summed E-state index contributed by atoms with van der Waals surface area (Å²) in [6.07, 6.45) is 0. The number of nitrogens with zero attached hydrogens (tertiary/aromatic N) is 2. The van der Waals surface area contributed by atoms with Crippen LogP contribution in [0.5, 0.6) is 11.5 Å². The number of phenols is 1. The molecule has 7 heteroatoms. The second-order valence-electron chi connectivity index (χ2n) is 4.06. The van der Waals surface area contributed by atoms with Gasteiger partial charge in [0.05, 0.1) is 11.6 Å². The summed E-state index contributed by atoms with van der Waals surface area (Å²) in [7, 11) is 1.46. The number of rotatable bonds is 3. The molecule has 1 aliphatic heterocycles. The fourth-order valence-electron chi connectivity index (χ4n) is 2.08. The Morgan fingerprint density at radius 1 is 1.58 bits per heavy atom. The first-order valence-electron chi connectivity index (χ1n) is 5.70. The topological polar surface area (TPSA) is 88.2 Å². The first-order valence-corrected chi connectivity index (χ1v) is 6.50. The summed E-state index contributed by atoms with van der Waals surface area (Å²) >= 11 is 3.25. The van der Waals surface area contributed by atoms with E-state index in [1.807, 2.05) is 6.92 Å². The van der Waals surface area contributed by atoms with Crippen LogP contribution in [0.3, 0.4) is 0 Å². The molecule has 3 N–H and O–H groups in total. The summed E-state index contributed by atoms with van der Waals surface area (Å²) in [5, 5.41) is 9.79. The molecule has 0 radical (unpaired) electrons. The molecule has 1 aromatic rings. The Labute approximate surface area is 119 Å². The van der Waals surface area contributed by atoms with E-state index in [0.29, 0.717) is 16.8 Å². The van der Waals surface area contributed by atoms with Gasteiger partial charge in [0.15, 0.2) is 11.5 Å². The normalized spacial score (nSPS) is 18.7. The van der Waals surface area contributed by atoms with Crippen molar-refractivity contribution in [3.05, 3.63) is 22.2 Å². The Balaban J connectivity index is 2.50. The van der Waals surface area contributed by atoms with Crippen molar-refractivity contribution in [1.82, 2.24) is 4.90 Å². The van der Waals surface area contributed by atoms with Crippen molar-refractivity contribution in [2.75, 3.05) is 13.7 Å². The molecule has 0 aliphatic carbocycles. The van der Waals surface area contributed by atoms with E-state index in [1.54, 1.807) is 17.0 Å². The van der Waals surface area contributed by atoms with Crippen molar-refractivity contribution < 1.29 is 14.6 Å². The quantitative estimate of drug-likeness (QED) is 0.888. The minimum atomic E-state index is -0.428. The Morgan fingerprint density at radius 2 is 2.26 bits per heavy atom. The number of hydrogen-bond acceptors (Lipinski definition) is 4. The van der Waals surface area contributed by atoms with Crippen LogP contribution in [-0.2, 0) is 0 Å². The zero-order valence-electron chi connectivity index (χ0n) is 10.6. The van der Waals surface area contributed by atoms with Crippen LogP contribution in [0.15, 0.2) is 21.6 Å². The van der Waals surface area contributed by atoms with Gasteiger partial charge in [-0.2, -0.15) is 4.99 Å². The molecule has 1 aliphatic rings. The van der Waals surface area contributed by atoms with E-state index >= 15 is 0 Å². The first-order chi connectivity index (χ1) is 8.99. The van der Waals surface area contributed by atoms with Gasteiger partial charge < -0.3 is 20.5 Å². The van der Waals surface area contributed by atoms with Crippen LogP contribution in [-0.4, -0.2) is 35.5 Å². The van der Waals surface area contributed by atoms with Crippen molar-refractivity contribution in [1.29, 1.82) is 0 Å². The van der Waals surface area contributed by atoms with Gasteiger partial charge in [0.25, 0.3) is 0 Å². The molecular formula is C12H14BrN3O3. The summed E-state index contributed by atoms with van der Waals surface area (Å²) < 4.78 is 5.57. The van der Waals surface area contributed by atoms with Gasteiger partial charge in [-0.05, 0) is 40.5 Å². The minimum absolute atomic E-state index is 0.00846. The van der Waals surface area contributed by atoms with Crippen LogP contribution >= 0.6 is 15.9 Å². The van der Waals surface area contributed by atoms with Gasteiger partial charge in [0, 0.05) is 6.54 Å². The number of nitrogens with two attached hydrogens (primary N) is 1. The van der Waals surface area contributed by atoms with E-state index in [9.17, 15) is 9.90 Å². The molecule has 1 aromatic carbocycles. The number of methoxy groups -OCH3 is 1. The van der Waals surface area contributed by atoms with E-state index in [-0.39, 0.29) is 17.6 Å². The van der Waals surface area contributed by atoms with Gasteiger partial charge in [-0.25, -0.2) is 4.79 Å². The molecule has 0 fully saturated rings. The number of amides is 2. The molecule has 0 saturated heterocycles. The van der Waals surface area contributed by atoms with Gasteiger partial charge >= 0.3 is 6.03 Å². The minimum Gasteiger partial charge on any atom is -0.503 e. The Morgan fingerprint density at radius 3 is 2.84 bits per heavy atom. The fraction of sp³-hybridized carbons (Fsp3) is 0.333. The van der Waals surface area contributed by atoms with Crippen molar-refractivity contribution in [3.63, 3.8) is 0 Å². The standard InChI is InChI=1S/C12H14BrN3O3/c1-3-16-9(11(14)15-12(16)18)6-4-7(13)10(17)8(5-6)19-2/h4-5,9,17H,3H2,1-2H3,(H2,14,15,18). The van der Waals surface area contributed by atoms with Crippen LogP contribution in [0.25, 0.3) is 0 Å². The molecule has 102 valence electrons. The lowest BCUT2D eigenvalue weighted by Gasteiger charge is -2.23. The van der Waals surface area contributed by atoms with Crippen molar-refractivity contribution in [2.45, 2.75) is 13.0 Å². The van der Waals surface area contributed by atoms with Crippen molar-refractivity contribution in [2.24, 2.45) is 10.7 Å². The predicted molar refractivity (Wildman–Crippen MR) is 74.5 cm³/mol. The number of hydrogen-bond donors (Lipinski definition) is 2. The lowest BCUT2D eigenvalue weighted by Crippen LogP contribution is -2.33. The largest absolute Gasteiger partial charge is 0.503 e. The molecule has 19 heavy (non-hydrogen) atoms. The number of aliphatic imine (C=N–C) groups is 1. The average molecular weight is 328 g/mol. The predicted octanol–water partition coefficient (Wildman–Crippen LogP) is 2.02. The van der Waals surface area contributed by atoms with Crippen molar-refractivity contribution in [3.8, 4) is 11.5 Å². The van der Waals surface area contributed by atoms with E-state index in [2.05, 4.69) is 20.9 Å². The average Bonchev–Trinajstić information content (AvgIpc) is 2.66. The third-order valence-electron chi connectivity index (χ3n) is 2.99. The third-order valence-corrected chi connectivity index (χ3v) is 3.59. The van der Waals surface area contributed by atoms with Crippen LogP contribution in [0.1, 0.15) is 18.5 Å². The zero-order valence-corrected chi connectivity index (χ0v) is 12.1. The SMILES string of the molecule is CCN1C(=O)N=C(N)C1c1cc(Br)c(O)c(OC)c1. The number of urea groups is 1. The van der Waals surface area contributed by atoms with Gasteiger partial charge in [-0.3, -0.25) is 0 Å². The number of benzene rings is 1. The maximum Gasteiger partial charge on any atom is 0.346 e. The Kier molecular flexibility index (Phi) is 3.66. The highest BCUT2D eigenvalue weighted by molar-refractivity contribution is 9.10. The summed E-state index contributed by atoms with van der Waals surface area (Å²) in [6.45, 7) is 2.35. The van der Waals surface area contributed by atoms with Crippen LogP contribution in [0.2, 0.25) is 0 Å². The number of phenolic OH excluding ortho intramolecular Hbond substituents is 1. The molecule has 0 bridgehead atoms. The monoisotopic (exact) mass is 327 g/mol. The van der Waals surface area contributed by atoms with Gasteiger partial charge in [-0.15, -0.1) is 0 Å². The first kappa shape index (κ1) is 13.7. The zero-order chi connectivity index (χ0) is 14.2. The molecular weight excluding hydrogens is 314 g/mol. The number of amidine groups is 1. The van der Waals surface area contributed by atoms with Crippen LogP contribution in [0.4, 0.5) is 4.79 Å². The number of ether oxygens (including phenoxy) is 1. The van der Waals surface area contributed by atoms with E-state index in [0.717, 1.165) is 5.56 Å². The maximum absolute atomic E-state index is 11.7. The molecule has 2 amide bonds. The van der Waals surface area contributed by atoms with Crippen LogP contribution in [0, 0.1) is 0 Å². The highest BCUT2D eigenvalue weighted by atomic mass is 79.9. The summed E-state index contributed by atoms with van der Waals surface area (Å²) in [6, 6.07) is 2.57. The molecule has 0 spiro atoms. The van der Waals surface area contributed by atoms with Gasteiger partial charge in [0.1, 0.15) is 11.9 Å². The third kappa shape index (κ3) is 2.25. The van der Waals surface area contributed by atoms with E-state index < -0.39 is 6.04 Å². The number of likely N-dealkylation sites (N-methyl/N-ethyl adjacent to an activating group) is 1. The van der Waals surface area contributed by atoms with E-state index in [1.165, 1.54) is 7.11 Å². The lowest BCUT2D eigenvalue weighted by atomic mass is 10.0. The summed E-state index contributed by atoms with van der Waals surface area (Å²) in [5.41, 5.74) is 6.55. The van der Waals surface area contributed by atoms with Gasteiger partial charge in [-0.1, -0.05) is 0 Å². The molecule has 1 heterocycles. The van der Waals surface area contributed by atoms with E-state index in [4.69, 9.17) is 10.5 Å². The highest BCUT2D eigenvalue weighted by Crippen LogP contribution is 2.39. The molecule has 0 saturated carbocycles. The number of carbonyl (C=O) groups excluding carboxylic acids is 1. The summed E-state index contributed by atoms with van der Waals surface area (Å²) in [5.74, 6) is 0.563. The maximum atomic E-state index is 11.7. The second kappa shape index (κ2) is 5.08. The second-order valence-corrected chi connectivity index (χ2v) is 4.92. The smallest absolute Gasteiger partial charge is 0.346 e. The highest BCUT2D eigenvalue weighted by Gasteiger charge is 2.34. The molecule has 6 nitrogen and oxygen atoms in total. The Bertz CT molecular complexity index is 559. The molecule has 2 rings (SSSR count). The van der Waals surface area contributed by atoms with Crippen molar-refractivity contribution >= 4 is 27.8 Å². The van der Waals surface area contributed by atoms with Crippen LogP contribution < -0.4 is 10.5 Å². The number of carbonyl (C=O) groups is 1. The number of aromatic hydroxyl groups is 1. The fourth-order valence-corrected chi connectivity index (χ4v) is 2.54. The molecule has 1 unspecified atom stereocenters. The molecule has 1 atom stereocenters. The number of halogens is 1. The lowest BCUT2D eigenvalue weighted by molar-refractivity contribution is 0.209. The molecule has 0 aromatic heterocycles. The summed E-state index contributed by atoms with van der Waals surface area (Å²) in [4.78, 5) is 17.0. The van der Waals surface area contributed by atoms with Gasteiger partial charge in [0.2, 0.25) is 0 Å².